The molecule has 6 nitrogen and oxygen atoms in total. The molecule has 0 aromatic carbocycles. The van der Waals surface area contributed by atoms with Crippen molar-refractivity contribution in [3.05, 3.63) is 48.4 Å². The largest absolute Gasteiger partial charge is 0.350 e. The summed E-state index contributed by atoms with van der Waals surface area (Å²) in [7, 11) is 1.71. The predicted molar refractivity (Wildman–Crippen MR) is 88.0 cm³/mol. The number of aromatic nitrogens is 2. The molecule has 23 heavy (non-hydrogen) atoms. The van der Waals surface area contributed by atoms with Crippen LogP contribution in [0, 0.1) is 0 Å². The highest BCUT2D eigenvalue weighted by molar-refractivity contribution is 8.00. The molecule has 0 bridgehead atoms. The second kappa shape index (κ2) is 6.78. The fourth-order valence-electron chi connectivity index (χ4n) is 2.31. The summed E-state index contributed by atoms with van der Waals surface area (Å²) >= 11 is 1.34. The van der Waals surface area contributed by atoms with E-state index in [0.717, 1.165) is 16.4 Å². The summed E-state index contributed by atoms with van der Waals surface area (Å²) in [4.78, 5) is 34.5. The van der Waals surface area contributed by atoms with Crippen LogP contribution in [0.1, 0.15) is 12.1 Å². The first kappa shape index (κ1) is 15.5. The van der Waals surface area contributed by atoms with Crippen molar-refractivity contribution in [1.82, 2.24) is 15.3 Å². The molecular formula is C16H16N4O2S. The van der Waals surface area contributed by atoms with Crippen molar-refractivity contribution < 1.29 is 9.59 Å². The Balaban J connectivity index is 1.62. The summed E-state index contributed by atoms with van der Waals surface area (Å²) in [5.41, 5.74) is 1.57. The van der Waals surface area contributed by atoms with E-state index in [4.69, 9.17) is 0 Å². The lowest BCUT2D eigenvalue weighted by Crippen LogP contribution is -2.41. The molecule has 3 heterocycles. The number of hydrogen-bond donors (Lipinski definition) is 1. The Hall–Kier alpha value is -2.41. The van der Waals surface area contributed by atoms with Gasteiger partial charge >= 0.3 is 0 Å². The summed E-state index contributed by atoms with van der Waals surface area (Å²) < 4.78 is 0. The zero-order valence-corrected chi connectivity index (χ0v) is 13.4. The van der Waals surface area contributed by atoms with Gasteiger partial charge in [0.15, 0.2) is 0 Å². The third-order valence-electron chi connectivity index (χ3n) is 3.54. The van der Waals surface area contributed by atoms with Crippen LogP contribution in [0.3, 0.4) is 0 Å². The van der Waals surface area contributed by atoms with E-state index in [-0.39, 0.29) is 18.2 Å². The van der Waals surface area contributed by atoms with Crippen molar-refractivity contribution in [2.75, 3.05) is 11.9 Å². The summed E-state index contributed by atoms with van der Waals surface area (Å²) in [5.74, 6) is -0.252. The van der Waals surface area contributed by atoms with Gasteiger partial charge in [-0.25, -0.2) is 4.98 Å². The van der Waals surface area contributed by atoms with Gasteiger partial charge in [-0.3, -0.25) is 14.6 Å². The summed E-state index contributed by atoms with van der Waals surface area (Å²) in [6.07, 6.45) is 3.49. The van der Waals surface area contributed by atoms with Gasteiger partial charge in [0, 0.05) is 25.9 Å². The fraction of sp³-hybridized carbons (Fsp3) is 0.250. The van der Waals surface area contributed by atoms with Crippen LogP contribution in [0.25, 0.3) is 0 Å². The Morgan fingerprint density at radius 3 is 2.87 bits per heavy atom. The van der Waals surface area contributed by atoms with E-state index in [1.807, 2.05) is 24.3 Å². The van der Waals surface area contributed by atoms with E-state index >= 15 is 0 Å². The maximum Gasteiger partial charge on any atom is 0.240 e. The highest BCUT2D eigenvalue weighted by atomic mass is 32.2. The van der Waals surface area contributed by atoms with E-state index in [1.54, 1.807) is 30.4 Å². The SMILES string of the molecule is CN1C(=O)[C@H](CC(=O)NCc2ccccn2)Sc2ncccc21. The number of anilines is 1. The van der Waals surface area contributed by atoms with Crippen molar-refractivity contribution in [2.24, 2.45) is 0 Å². The topological polar surface area (TPSA) is 75.2 Å². The fourth-order valence-corrected chi connectivity index (χ4v) is 3.52. The van der Waals surface area contributed by atoms with Crippen LogP contribution in [0.5, 0.6) is 0 Å². The van der Waals surface area contributed by atoms with Crippen molar-refractivity contribution >= 4 is 29.3 Å². The molecule has 2 amide bonds. The molecule has 0 fully saturated rings. The minimum atomic E-state index is -0.453. The molecule has 1 N–H and O–H groups in total. The number of fused-ring (bicyclic) bond motifs is 1. The lowest BCUT2D eigenvalue weighted by molar-refractivity contribution is -0.124. The highest BCUT2D eigenvalue weighted by Gasteiger charge is 2.33. The van der Waals surface area contributed by atoms with E-state index in [2.05, 4.69) is 15.3 Å². The number of carbonyl (C=O) groups is 2. The second-order valence-corrected chi connectivity index (χ2v) is 6.32. The highest BCUT2D eigenvalue weighted by Crippen LogP contribution is 2.37. The van der Waals surface area contributed by atoms with Crippen LogP contribution in [-0.4, -0.2) is 34.1 Å². The number of pyridine rings is 2. The van der Waals surface area contributed by atoms with Crippen molar-refractivity contribution in [3.8, 4) is 0 Å². The summed E-state index contributed by atoms with van der Waals surface area (Å²) in [6, 6.07) is 9.18. The van der Waals surface area contributed by atoms with Crippen LogP contribution < -0.4 is 10.2 Å². The van der Waals surface area contributed by atoms with Crippen molar-refractivity contribution in [2.45, 2.75) is 23.2 Å². The summed E-state index contributed by atoms with van der Waals surface area (Å²) in [5, 5.41) is 3.12. The van der Waals surface area contributed by atoms with Gasteiger partial charge in [-0.15, -0.1) is 0 Å². The number of carbonyl (C=O) groups excluding carboxylic acids is 2. The third kappa shape index (κ3) is 3.50. The van der Waals surface area contributed by atoms with Crippen molar-refractivity contribution in [3.63, 3.8) is 0 Å². The Morgan fingerprint density at radius 2 is 2.09 bits per heavy atom. The molecule has 0 radical (unpaired) electrons. The number of hydrogen-bond acceptors (Lipinski definition) is 5. The van der Waals surface area contributed by atoms with Crippen molar-refractivity contribution in [1.29, 1.82) is 0 Å². The standard InChI is InChI=1S/C16H16N4O2S/c1-20-12-6-4-8-18-15(12)23-13(16(20)22)9-14(21)19-10-11-5-2-3-7-17-11/h2-8,13H,9-10H2,1H3,(H,19,21)/t13-/m0/s1. The molecular weight excluding hydrogens is 312 g/mol. The molecule has 1 atom stereocenters. The third-order valence-corrected chi connectivity index (χ3v) is 4.73. The lowest BCUT2D eigenvalue weighted by Gasteiger charge is -2.29. The number of rotatable bonds is 4. The molecule has 0 spiro atoms. The van der Waals surface area contributed by atoms with Crippen LogP contribution in [0.4, 0.5) is 5.69 Å². The minimum absolute atomic E-state index is 0.0801. The number of nitrogens with zero attached hydrogens (tertiary/aromatic N) is 3. The molecule has 2 aromatic heterocycles. The number of thioether (sulfide) groups is 1. The van der Waals surface area contributed by atoms with Gasteiger partial charge in [-0.2, -0.15) is 0 Å². The molecule has 0 saturated heterocycles. The average Bonchev–Trinajstić information content (AvgIpc) is 2.58. The lowest BCUT2D eigenvalue weighted by atomic mass is 10.2. The molecule has 3 rings (SSSR count). The van der Waals surface area contributed by atoms with Crippen LogP contribution >= 0.6 is 11.8 Å². The summed E-state index contributed by atoms with van der Waals surface area (Å²) in [6.45, 7) is 0.357. The smallest absolute Gasteiger partial charge is 0.240 e. The van der Waals surface area contributed by atoms with Gasteiger partial charge in [0.2, 0.25) is 11.8 Å². The number of nitrogens with one attached hydrogen (secondary N) is 1. The van der Waals surface area contributed by atoms with Gasteiger partial charge < -0.3 is 10.2 Å². The molecule has 0 unspecified atom stereocenters. The van der Waals surface area contributed by atoms with Crippen LogP contribution in [0.2, 0.25) is 0 Å². The molecule has 0 saturated carbocycles. The maximum atomic E-state index is 12.4. The van der Waals surface area contributed by atoms with Crippen LogP contribution in [-0.2, 0) is 16.1 Å². The Morgan fingerprint density at radius 1 is 1.26 bits per heavy atom. The van der Waals surface area contributed by atoms with Gasteiger partial charge in [-0.05, 0) is 24.3 Å². The van der Waals surface area contributed by atoms with E-state index in [0.29, 0.717) is 6.54 Å². The Bertz CT molecular complexity index is 723. The molecule has 2 aromatic rings. The molecule has 1 aliphatic rings. The molecule has 118 valence electrons. The van der Waals surface area contributed by atoms with E-state index in [1.165, 1.54) is 11.8 Å². The molecule has 0 aliphatic carbocycles. The zero-order valence-electron chi connectivity index (χ0n) is 12.6. The van der Waals surface area contributed by atoms with Crippen LogP contribution in [0.15, 0.2) is 47.8 Å². The molecule has 1 aliphatic heterocycles. The molecule has 7 heteroatoms. The quantitative estimate of drug-likeness (QED) is 0.923. The van der Waals surface area contributed by atoms with Gasteiger partial charge in [0.05, 0.1) is 23.2 Å². The first-order valence-electron chi connectivity index (χ1n) is 7.21. The monoisotopic (exact) mass is 328 g/mol. The first-order chi connectivity index (χ1) is 11.1. The van der Waals surface area contributed by atoms with Gasteiger partial charge in [-0.1, -0.05) is 17.8 Å². The van der Waals surface area contributed by atoms with E-state index in [9.17, 15) is 9.59 Å². The Kier molecular flexibility index (Phi) is 4.57. The first-order valence-corrected chi connectivity index (χ1v) is 8.09. The predicted octanol–water partition coefficient (Wildman–Crippen LogP) is 1.62. The van der Waals surface area contributed by atoms with E-state index < -0.39 is 5.25 Å². The zero-order chi connectivity index (χ0) is 16.2. The van der Waals surface area contributed by atoms with Gasteiger partial charge in [0.25, 0.3) is 0 Å². The Labute approximate surface area is 138 Å². The van der Waals surface area contributed by atoms with Gasteiger partial charge in [0.1, 0.15) is 5.03 Å². The minimum Gasteiger partial charge on any atom is -0.350 e. The average molecular weight is 328 g/mol. The number of amides is 2. The normalized spacial score (nSPS) is 16.8. The second-order valence-electron chi connectivity index (χ2n) is 5.13. The maximum absolute atomic E-state index is 12.4.